The average molecular weight is 311 g/mol. The third kappa shape index (κ3) is 5.13. The van der Waals surface area contributed by atoms with Crippen molar-refractivity contribution in [2.24, 2.45) is 5.92 Å². The van der Waals surface area contributed by atoms with Gasteiger partial charge in [-0.3, -0.25) is 4.79 Å². The Kier molecular flexibility index (Phi) is 5.80. The van der Waals surface area contributed by atoms with Crippen LogP contribution in [0.2, 0.25) is 0 Å². The van der Waals surface area contributed by atoms with Crippen LogP contribution in [0.5, 0.6) is 5.75 Å². The van der Waals surface area contributed by atoms with Crippen molar-refractivity contribution in [3.05, 3.63) is 59.2 Å². The number of aryl methyl sites for hydroxylation is 2. The molecule has 2 aromatic rings. The van der Waals surface area contributed by atoms with Crippen LogP contribution >= 0.6 is 0 Å². The highest BCUT2D eigenvalue weighted by molar-refractivity contribution is 6.04. The lowest BCUT2D eigenvalue weighted by Gasteiger charge is -2.11. The Labute approximate surface area is 138 Å². The summed E-state index contributed by atoms with van der Waals surface area (Å²) in [4.78, 5) is 12.4. The molecule has 23 heavy (non-hydrogen) atoms. The van der Waals surface area contributed by atoms with Gasteiger partial charge >= 0.3 is 0 Å². The number of anilines is 1. The molecule has 1 N–H and O–H groups in total. The molecule has 0 heterocycles. The molecule has 0 aliphatic heterocycles. The van der Waals surface area contributed by atoms with E-state index < -0.39 is 0 Å². The minimum atomic E-state index is -0.119. The van der Waals surface area contributed by atoms with Crippen molar-refractivity contribution < 1.29 is 9.53 Å². The lowest BCUT2D eigenvalue weighted by Crippen LogP contribution is -2.13. The molecule has 0 fully saturated rings. The summed E-state index contributed by atoms with van der Waals surface area (Å²) < 4.78 is 5.72. The quantitative estimate of drug-likeness (QED) is 0.817. The van der Waals surface area contributed by atoms with Crippen molar-refractivity contribution >= 4 is 11.6 Å². The van der Waals surface area contributed by atoms with Crippen LogP contribution in [0.3, 0.4) is 0 Å². The van der Waals surface area contributed by atoms with Crippen molar-refractivity contribution in [2.45, 2.75) is 34.1 Å². The van der Waals surface area contributed by atoms with E-state index in [1.54, 1.807) is 12.1 Å². The largest absolute Gasteiger partial charge is 0.494 e. The van der Waals surface area contributed by atoms with E-state index in [9.17, 15) is 4.79 Å². The van der Waals surface area contributed by atoms with Gasteiger partial charge in [-0.2, -0.15) is 0 Å². The van der Waals surface area contributed by atoms with Crippen LogP contribution in [0.1, 0.15) is 41.8 Å². The van der Waals surface area contributed by atoms with Gasteiger partial charge in [-0.15, -0.1) is 0 Å². The van der Waals surface area contributed by atoms with E-state index in [0.29, 0.717) is 18.1 Å². The zero-order valence-electron chi connectivity index (χ0n) is 14.3. The molecule has 122 valence electrons. The Morgan fingerprint density at radius 1 is 1.13 bits per heavy atom. The Bertz CT molecular complexity index is 677. The van der Waals surface area contributed by atoms with Gasteiger partial charge in [-0.1, -0.05) is 37.6 Å². The van der Waals surface area contributed by atoms with E-state index >= 15 is 0 Å². The molecule has 0 spiro atoms. The number of ether oxygens (including phenoxy) is 1. The molecule has 3 heteroatoms. The monoisotopic (exact) mass is 311 g/mol. The fraction of sp³-hybridized carbons (Fsp3) is 0.350. The van der Waals surface area contributed by atoms with Crippen molar-refractivity contribution in [3.63, 3.8) is 0 Å². The second-order valence-electron chi connectivity index (χ2n) is 6.33. The molecule has 0 unspecified atom stereocenters. The van der Waals surface area contributed by atoms with Gasteiger partial charge < -0.3 is 10.1 Å². The Morgan fingerprint density at radius 3 is 2.61 bits per heavy atom. The minimum Gasteiger partial charge on any atom is -0.494 e. The van der Waals surface area contributed by atoms with E-state index in [2.05, 4.69) is 25.2 Å². The summed E-state index contributed by atoms with van der Waals surface area (Å²) in [5.41, 5.74) is 3.68. The summed E-state index contributed by atoms with van der Waals surface area (Å²) in [6.45, 7) is 9.03. The third-order valence-corrected chi connectivity index (χ3v) is 3.69. The molecule has 2 aromatic carbocycles. The summed E-state index contributed by atoms with van der Waals surface area (Å²) in [5.74, 6) is 1.22. The molecule has 0 bridgehead atoms. The predicted octanol–water partition coefficient (Wildman–Crippen LogP) is 4.98. The van der Waals surface area contributed by atoms with E-state index in [0.717, 1.165) is 23.4 Å². The zero-order chi connectivity index (χ0) is 16.8. The van der Waals surface area contributed by atoms with Gasteiger partial charge in [0.1, 0.15) is 5.75 Å². The van der Waals surface area contributed by atoms with Crippen LogP contribution in [0.25, 0.3) is 0 Å². The molecular weight excluding hydrogens is 286 g/mol. The maximum atomic E-state index is 12.4. The summed E-state index contributed by atoms with van der Waals surface area (Å²) >= 11 is 0. The molecular formula is C20H25NO2. The van der Waals surface area contributed by atoms with E-state index in [4.69, 9.17) is 4.74 Å². The molecule has 0 radical (unpaired) electrons. The van der Waals surface area contributed by atoms with Gasteiger partial charge in [0.05, 0.1) is 6.61 Å². The third-order valence-electron chi connectivity index (χ3n) is 3.69. The van der Waals surface area contributed by atoms with Crippen molar-refractivity contribution in [1.29, 1.82) is 0 Å². The van der Waals surface area contributed by atoms with E-state index in [1.165, 1.54) is 5.56 Å². The van der Waals surface area contributed by atoms with Crippen LogP contribution in [-0.2, 0) is 0 Å². The fourth-order valence-electron chi connectivity index (χ4n) is 2.29. The number of rotatable bonds is 6. The van der Waals surface area contributed by atoms with Crippen molar-refractivity contribution in [1.82, 2.24) is 0 Å². The summed E-state index contributed by atoms with van der Waals surface area (Å²) in [6, 6.07) is 13.3. The normalized spacial score (nSPS) is 10.7. The molecule has 0 aliphatic rings. The van der Waals surface area contributed by atoms with Crippen LogP contribution in [0.4, 0.5) is 5.69 Å². The predicted molar refractivity (Wildman–Crippen MR) is 95.3 cm³/mol. The smallest absolute Gasteiger partial charge is 0.255 e. The highest BCUT2D eigenvalue weighted by Gasteiger charge is 2.09. The molecule has 3 nitrogen and oxygen atoms in total. The summed E-state index contributed by atoms with van der Waals surface area (Å²) in [7, 11) is 0. The Morgan fingerprint density at radius 2 is 1.91 bits per heavy atom. The van der Waals surface area contributed by atoms with Crippen molar-refractivity contribution in [2.75, 3.05) is 11.9 Å². The summed E-state index contributed by atoms with van der Waals surface area (Å²) in [5, 5.41) is 2.96. The maximum Gasteiger partial charge on any atom is 0.255 e. The SMILES string of the molecule is Cc1ccc(NC(=O)c2cccc(OCCC(C)C)c2)c(C)c1. The minimum absolute atomic E-state index is 0.119. The zero-order valence-corrected chi connectivity index (χ0v) is 14.3. The van der Waals surface area contributed by atoms with Crippen LogP contribution in [-0.4, -0.2) is 12.5 Å². The number of amides is 1. The fourth-order valence-corrected chi connectivity index (χ4v) is 2.29. The number of benzene rings is 2. The number of hydrogen-bond acceptors (Lipinski definition) is 2. The highest BCUT2D eigenvalue weighted by atomic mass is 16.5. The topological polar surface area (TPSA) is 38.3 Å². The van der Waals surface area contributed by atoms with Crippen LogP contribution in [0, 0.1) is 19.8 Å². The van der Waals surface area contributed by atoms with Gasteiger partial charge in [0.2, 0.25) is 0 Å². The van der Waals surface area contributed by atoms with Gasteiger partial charge in [-0.25, -0.2) is 0 Å². The molecule has 0 aromatic heterocycles. The second-order valence-corrected chi connectivity index (χ2v) is 6.33. The van der Waals surface area contributed by atoms with Crippen molar-refractivity contribution in [3.8, 4) is 5.75 Å². The average Bonchev–Trinajstić information content (AvgIpc) is 2.50. The second kappa shape index (κ2) is 7.82. The van der Waals surface area contributed by atoms with E-state index in [1.807, 2.05) is 38.1 Å². The number of hydrogen-bond donors (Lipinski definition) is 1. The lowest BCUT2D eigenvalue weighted by atomic mass is 10.1. The first-order valence-corrected chi connectivity index (χ1v) is 8.07. The molecule has 2 rings (SSSR count). The summed E-state index contributed by atoms with van der Waals surface area (Å²) in [6.07, 6.45) is 0.999. The molecule has 0 aliphatic carbocycles. The van der Waals surface area contributed by atoms with E-state index in [-0.39, 0.29) is 5.91 Å². The Balaban J connectivity index is 2.04. The maximum absolute atomic E-state index is 12.4. The molecule has 0 saturated heterocycles. The molecule has 0 atom stereocenters. The molecule has 0 saturated carbocycles. The first-order chi connectivity index (χ1) is 11.0. The van der Waals surface area contributed by atoms with Crippen LogP contribution in [0.15, 0.2) is 42.5 Å². The first-order valence-electron chi connectivity index (χ1n) is 8.07. The number of carbonyl (C=O) groups is 1. The first kappa shape index (κ1) is 17.1. The van der Waals surface area contributed by atoms with Gasteiger partial charge in [0, 0.05) is 11.3 Å². The van der Waals surface area contributed by atoms with Crippen LogP contribution < -0.4 is 10.1 Å². The molecule has 1 amide bonds. The number of nitrogens with one attached hydrogen (secondary N) is 1. The van der Waals surface area contributed by atoms with Gasteiger partial charge in [-0.05, 0) is 56.0 Å². The highest BCUT2D eigenvalue weighted by Crippen LogP contribution is 2.19. The lowest BCUT2D eigenvalue weighted by molar-refractivity contribution is 0.102. The van der Waals surface area contributed by atoms with Gasteiger partial charge in [0.25, 0.3) is 5.91 Å². The number of carbonyl (C=O) groups excluding carboxylic acids is 1. The Hall–Kier alpha value is -2.29. The van der Waals surface area contributed by atoms with Gasteiger partial charge in [0.15, 0.2) is 0 Å². The standard InChI is InChI=1S/C20H25NO2/c1-14(2)10-11-23-18-7-5-6-17(13-18)20(22)21-19-9-8-15(3)12-16(19)4/h5-9,12-14H,10-11H2,1-4H3,(H,21,22).